The Labute approximate surface area is 148 Å². The van der Waals surface area contributed by atoms with Crippen molar-refractivity contribution < 1.29 is 18.3 Å². The molecule has 0 atom stereocenters. The van der Waals surface area contributed by atoms with E-state index >= 15 is 0 Å². The third-order valence-corrected chi connectivity index (χ3v) is 4.88. The summed E-state index contributed by atoms with van der Waals surface area (Å²) < 4.78 is 32.5. The summed E-state index contributed by atoms with van der Waals surface area (Å²) in [4.78, 5) is 13.2. The Morgan fingerprint density at radius 1 is 1.00 bits per heavy atom. The molecule has 0 bridgehead atoms. The summed E-state index contributed by atoms with van der Waals surface area (Å²) in [5, 5.41) is 0. The van der Waals surface area contributed by atoms with Crippen molar-refractivity contribution in [1.29, 1.82) is 0 Å². The molecule has 1 aromatic heterocycles. The summed E-state index contributed by atoms with van der Waals surface area (Å²) in [6, 6.07) is 15.9. The standard InChI is InChI=1S/C20H16F2O2S/c1-2-24-20(23)18-10-9-17(25-18)19(13-5-3-7-15(21)11-13)14-6-4-8-16(22)12-14/h3-12,19H,2H2,1H3. The number of benzene rings is 2. The van der Waals surface area contributed by atoms with Crippen LogP contribution < -0.4 is 0 Å². The highest BCUT2D eigenvalue weighted by Crippen LogP contribution is 2.36. The van der Waals surface area contributed by atoms with Gasteiger partial charge in [-0.2, -0.15) is 0 Å². The Balaban J connectivity index is 2.07. The summed E-state index contributed by atoms with van der Waals surface area (Å²) in [6.07, 6.45) is 0. The number of carbonyl (C=O) groups is 1. The Kier molecular flexibility index (Phi) is 5.24. The van der Waals surface area contributed by atoms with E-state index in [4.69, 9.17) is 4.74 Å². The van der Waals surface area contributed by atoms with Crippen LogP contribution in [-0.4, -0.2) is 12.6 Å². The van der Waals surface area contributed by atoms with Gasteiger partial charge in [-0.1, -0.05) is 24.3 Å². The van der Waals surface area contributed by atoms with Crippen LogP contribution in [0.2, 0.25) is 0 Å². The highest BCUT2D eigenvalue weighted by Gasteiger charge is 2.21. The molecule has 0 spiro atoms. The first-order valence-electron chi connectivity index (χ1n) is 7.86. The van der Waals surface area contributed by atoms with E-state index < -0.39 is 5.97 Å². The Hall–Kier alpha value is -2.53. The maximum Gasteiger partial charge on any atom is 0.348 e. The second-order valence-electron chi connectivity index (χ2n) is 5.47. The van der Waals surface area contributed by atoms with E-state index in [0.717, 1.165) is 4.88 Å². The highest BCUT2D eigenvalue weighted by molar-refractivity contribution is 7.14. The molecular formula is C20H16F2O2S. The smallest absolute Gasteiger partial charge is 0.348 e. The van der Waals surface area contributed by atoms with E-state index in [0.29, 0.717) is 22.6 Å². The molecule has 0 saturated heterocycles. The Morgan fingerprint density at radius 3 is 2.12 bits per heavy atom. The molecule has 0 radical (unpaired) electrons. The topological polar surface area (TPSA) is 26.3 Å². The lowest BCUT2D eigenvalue weighted by Crippen LogP contribution is -2.03. The van der Waals surface area contributed by atoms with Crippen LogP contribution in [0.25, 0.3) is 0 Å². The quantitative estimate of drug-likeness (QED) is 0.572. The normalized spacial score (nSPS) is 10.9. The zero-order valence-corrected chi connectivity index (χ0v) is 14.4. The van der Waals surface area contributed by atoms with Crippen LogP contribution in [0.15, 0.2) is 60.7 Å². The molecule has 25 heavy (non-hydrogen) atoms. The lowest BCUT2D eigenvalue weighted by atomic mass is 9.90. The molecular weight excluding hydrogens is 342 g/mol. The predicted octanol–water partition coefficient (Wildman–Crippen LogP) is 5.38. The number of hydrogen-bond acceptors (Lipinski definition) is 3. The van der Waals surface area contributed by atoms with Crippen molar-refractivity contribution in [2.45, 2.75) is 12.8 Å². The summed E-state index contributed by atoms with van der Waals surface area (Å²) >= 11 is 1.27. The minimum atomic E-state index is -0.393. The van der Waals surface area contributed by atoms with Gasteiger partial charge in [-0.25, -0.2) is 13.6 Å². The number of carbonyl (C=O) groups excluding carboxylic acids is 1. The van der Waals surface area contributed by atoms with Crippen LogP contribution in [-0.2, 0) is 4.74 Å². The van der Waals surface area contributed by atoms with Crippen LogP contribution >= 0.6 is 11.3 Å². The molecule has 3 aromatic rings. The van der Waals surface area contributed by atoms with Gasteiger partial charge in [0.15, 0.2) is 0 Å². The minimum absolute atomic E-state index is 0.295. The molecule has 0 N–H and O–H groups in total. The lowest BCUT2D eigenvalue weighted by molar-refractivity contribution is 0.0532. The number of hydrogen-bond donors (Lipinski definition) is 0. The van der Waals surface area contributed by atoms with E-state index in [1.54, 1.807) is 43.3 Å². The molecule has 0 unspecified atom stereocenters. The van der Waals surface area contributed by atoms with Gasteiger partial charge in [-0.15, -0.1) is 11.3 Å². The number of esters is 1. The number of thiophene rings is 1. The number of rotatable bonds is 5. The van der Waals surface area contributed by atoms with Crippen molar-refractivity contribution >= 4 is 17.3 Å². The first kappa shape index (κ1) is 17.3. The summed E-state index contributed by atoms with van der Waals surface area (Å²) in [5.74, 6) is -1.47. The van der Waals surface area contributed by atoms with Crippen LogP contribution in [0, 0.1) is 11.6 Å². The van der Waals surface area contributed by atoms with E-state index in [9.17, 15) is 13.6 Å². The van der Waals surface area contributed by atoms with Gasteiger partial charge >= 0.3 is 5.97 Å². The van der Waals surface area contributed by atoms with Crippen LogP contribution in [0.1, 0.15) is 38.5 Å². The summed E-state index contributed by atoms with van der Waals surface area (Å²) in [5.41, 5.74) is 1.39. The van der Waals surface area contributed by atoms with Gasteiger partial charge in [0.05, 0.1) is 6.61 Å². The monoisotopic (exact) mass is 358 g/mol. The predicted molar refractivity (Wildman–Crippen MR) is 94.0 cm³/mol. The molecule has 2 aromatic carbocycles. The van der Waals surface area contributed by atoms with Crippen molar-refractivity contribution in [3.05, 3.63) is 93.2 Å². The maximum atomic E-state index is 13.7. The average Bonchev–Trinajstić information content (AvgIpc) is 3.05. The number of halogens is 2. The maximum absolute atomic E-state index is 13.7. The molecule has 0 aliphatic rings. The fourth-order valence-electron chi connectivity index (χ4n) is 2.71. The van der Waals surface area contributed by atoms with Crippen molar-refractivity contribution in [2.75, 3.05) is 6.61 Å². The van der Waals surface area contributed by atoms with Crippen molar-refractivity contribution in [1.82, 2.24) is 0 Å². The second-order valence-corrected chi connectivity index (χ2v) is 6.58. The van der Waals surface area contributed by atoms with Gasteiger partial charge < -0.3 is 4.74 Å². The lowest BCUT2D eigenvalue weighted by Gasteiger charge is -2.17. The fourth-order valence-corrected chi connectivity index (χ4v) is 3.77. The minimum Gasteiger partial charge on any atom is -0.462 e. The molecule has 0 amide bonds. The first-order chi connectivity index (χ1) is 12.1. The molecule has 3 rings (SSSR count). The second kappa shape index (κ2) is 7.57. The molecule has 0 fully saturated rings. The largest absolute Gasteiger partial charge is 0.462 e. The van der Waals surface area contributed by atoms with Gasteiger partial charge in [-0.3, -0.25) is 0 Å². The zero-order chi connectivity index (χ0) is 17.8. The summed E-state index contributed by atoms with van der Waals surface area (Å²) in [7, 11) is 0. The van der Waals surface area contributed by atoms with Gasteiger partial charge in [-0.05, 0) is 54.4 Å². The van der Waals surface area contributed by atoms with Gasteiger partial charge in [0.1, 0.15) is 16.5 Å². The Morgan fingerprint density at radius 2 is 1.60 bits per heavy atom. The van der Waals surface area contributed by atoms with Crippen molar-refractivity contribution in [3.8, 4) is 0 Å². The van der Waals surface area contributed by atoms with Gasteiger partial charge in [0, 0.05) is 10.8 Å². The third kappa shape index (κ3) is 3.94. The van der Waals surface area contributed by atoms with E-state index in [1.165, 1.54) is 35.6 Å². The van der Waals surface area contributed by atoms with Gasteiger partial charge in [0.2, 0.25) is 0 Å². The molecule has 0 aliphatic carbocycles. The highest BCUT2D eigenvalue weighted by atomic mass is 32.1. The molecule has 0 saturated carbocycles. The summed E-state index contributed by atoms with van der Waals surface area (Å²) in [6.45, 7) is 2.04. The van der Waals surface area contributed by atoms with E-state index in [2.05, 4.69) is 0 Å². The van der Waals surface area contributed by atoms with Crippen molar-refractivity contribution in [3.63, 3.8) is 0 Å². The molecule has 2 nitrogen and oxygen atoms in total. The molecule has 5 heteroatoms. The fraction of sp³-hybridized carbons (Fsp3) is 0.150. The van der Waals surface area contributed by atoms with E-state index in [1.807, 2.05) is 0 Å². The third-order valence-electron chi connectivity index (χ3n) is 3.75. The Bertz CT molecular complexity index is 843. The molecule has 128 valence electrons. The molecule has 0 aliphatic heterocycles. The SMILES string of the molecule is CCOC(=O)c1ccc(C(c2cccc(F)c2)c2cccc(F)c2)s1. The van der Waals surface area contributed by atoms with E-state index in [-0.39, 0.29) is 17.6 Å². The van der Waals surface area contributed by atoms with Gasteiger partial charge in [0.25, 0.3) is 0 Å². The van der Waals surface area contributed by atoms with Crippen LogP contribution in [0.4, 0.5) is 8.78 Å². The van der Waals surface area contributed by atoms with Crippen LogP contribution in [0.3, 0.4) is 0 Å². The zero-order valence-electron chi connectivity index (χ0n) is 13.5. The first-order valence-corrected chi connectivity index (χ1v) is 8.68. The molecule has 1 heterocycles. The average molecular weight is 358 g/mol. The number of ether oxygens (including phenoxy) is 1. The van der Waals surface area contributed by atoms with Crippen LogP contribution in [0.5, 0.6) is 0 Å². The van der Waals surface area contributed by atoms with Crippen molar-refractivity contribution in [2.24, 2.45) is 0 Å².